The monoisotopic (exact) mass is 469 g/mol. The van der Waals surface area contributed by atoms with Crippen molar-refractivity contribution in [2.45, 2.75) is 50.3 Å². The summed E-state index contributed by atoms with van der Waals surface area (Å²) in [6, 6.07) is 5.84. The molecule has 0 aliphatic heterocycles. The van der Waals surface area contributed by atoms with E-state index in [1.54, 1.807) is 6.92 Å². The normalized spacial score (nSPS) is 13.9. The van der Waals surface area contributed by atoms with Gasteiger partial charge >= 0.3 is 5.97 Å². The summed E-state index contributed by atoms with van der Waals surface area (Å²) >= 11 is 7.19. The van der Waals surface area contributed by atoms with Crippen LogP contribution in [0.3, 0.4) is 0 Å². The molecule has 0 unspecified atom stereocenters. The first kappa shape index (κ1) is 22.8. The van der Waals surface area contributed by atoms with Crippen LogP contribution in [0.2, 0.25) is 5.02 Å². The summed E-state index contributed by atoms with van der Waals surface area (Å²) in [7, 11) is -3.61. The number of carbonyl (C=O) groups is 2. The number of sulfone groups is 1. The summed E-state index contributed by atoms with van der Waals surface area (Å²) in [5, 5.41) is 3.65. The van der Waals surface area contributed by atoms with Crippen LogP contribution in [-0.2, 0) is 32.2 Å². The molecule has 0 radical (unpaired) electrons. The molecular formula is C21H24ClNO5S2. The minimum atomic E-state index is -3.61. The molecule has 1 aliphatic carbocycles. The second-order valence-corrected chi connectivity index (χ2v) is 10.7. The molecule has 2 aromatic rings. The molecule has 6 nitrogen and oxygen atoms in total. The minimum Gasteiger partial charge on any atom is -0.462 e. The number of esters is 1. The van der Waals surface area contributed by atoms with E-state index in [-0.39, 0.29) is 23.7 Å². The van der Waals surface area contributed by atoms with Gasteiger partial charge in [0.25, 0.3) is 0 Å². The third-order valence-electron chi connectivity index (χ3n) is 4.92. The maximum atomic E-state index is 12.5. The average molecular weight is 470 g/mol. The van der Waals surface area contributed by atoms with Crippen molar-refractivity contribution in [3.63, 3.8) is 0 Å². The molecule has 1 aliphatic rings. The zero-order chi connectivity index (χ0) is 21.7. The van der Waals surface area contributed by atoms with E-state index in [1.807, 2.05) is 0 Å². The van der Waals surface area contributed by atoms with E-state index >= 15 is 0 Å². The van der Waals surface area contributed by atoms with Crippen LogP contribution in [0.25, 0.3) is 0 Å². The van der Waals surface area contributed by atoms with Crippen molar-refractivity contribution in [3.05, 3.63) is 45.3 Å². The maximum absolute atomic E-state index is 12.5. The van der Waals surface area contributed by atoms with Gasteiger partial charge in [-0.2, -0.15) is 0 Å². The highest BCUT2D eigenvalue weighted by molar-refractivity contribution is 7.91. The minimum absolute atomic E-state index is 0.120. The number of rotatable bonds is 7. The van der Waals surface area contributed by atoms with Gasteiger partial charge in [-0.25, -0.2) is 13.2 Å². The molecule has 0 saturated heterocycles. The summed E-state index contributed by atoms with van der Waals surface area (Å²) in [4.78, 5) is 26.3. The number of ether oxygens (including phenoxy) is 1. The fraction of sp³-hybridized carbons (Fsp3) is 0.429. The highest BCUT2D eigenvalue weighted by atomic mass is 35.5. The van der Waals surface area contributed by atoms with Crippen LogP contribution < -0.4 is 5.32 Å². The summed E-state index contributed by atoms with van der Waals surface area (Å²) in [6.45, 7) is 1.99. The number of benzene rings is 1. The lowest BCUT2D eigenvalue weighted by molar-refractivity contribution is -0.115. The molecule has 0 atom stereocenters. The lowest BCUT2D eigenvalue weighted by atomic mass is 10.1. The maximum Gasteiger partial charge on any atom is 0.341 e. The van der Waals surface area contributed by atoms with E-state index in [2.05, 4.69) is 5.32 Å². The van der Waals surface area contributed by atoms with Crippen LogP contribution >= 0.6 is 22.9 Å². The molecule has 30 heavy (non-hydrogen) atoms. The largest absolute Gasteiger partial charge is 0.462 e. The van der Waals surface area contributed by atoms with E-state index in [1.165, 1.54) is 35.6 Å². The van der Waals surface area contributed by atoms with Crippen molar-refractivity contribution in [1.29, 1.82) is 0 Å². The third kappa shape index (κ3) is 5.42. The van der Waals surface area contributed by atoms with E-state index < -0.39 is 21.7 Å². The third-order valence-corrected chi connectivity index (χ3v) is 8.12. The van der Waals surface area contributed by atoms with E-state index in [9.17, 15) is 18.0 Å². The van der Waals surface area contributed by atoms with Crippen molar-refractivity contribution in [2.24, 2.45) is 0 Å². The smallest absolute Gasteiger partial charge is 0.341 e. The first-order valence-electron chi connectivity index (χ1n) is 9.91. The van der Waals surface area contributed by atoms with Crippen LogP contribution in [0, 0.1) is 0 Å². The Balaban J connectivity index is 1.74. The Kier molecular flexibility index (Phi) is 7.55. The number of fused-ring (bicyclic) bond motifs is 1. The number of aryl methyl sites for hydroxylation is 1. The molecule has 1 heterocycles. The van der Waals surface area contributed by atoms with Gasteiger partial charge in [-0.05, 0) is 62.4 Å². The molecule has 0 fully saturated rings. The quantitative estimate of drug-likeness (QED) is 0.471. The Morgan fingerprint density at radius 1 is 1.13 bits per heavy atom. The SMILES string of the molecule is CCOC(=O)c1c(NC(=O)CCS(=O)(=O)c2ccc(Cl)cc2)sc2c1CCCCC2. The molecule has 0 saturated carbocycles. The van der Waals surface area contributed by atoms with E-state index in [0.29, 0.717) is 15.6 Å². The fourth-order valence-electron chi connectivity index (χ4n) is 3.43. The number of hydrogen-bond acceptors (Lipinski definition) is 6. The molecule has 0 bridgehead atoms. The fourth-order valence-corrected chi connectivity index (χ4v) is 6.09. The predicted octanol–water partition coefficient (Wildman–Crippen LogP) is 4.65. The van der Waals surface area contributed by atoms with Crippen molar-refractivity contribution < 1.29 is 22.7 Å². The second-order valence-electron chi connectivity index (χ2n) is 7.06. The predicted molar refractivity (Wildman–Crippen MR) is 118 cm³/mol. The van der Waals surface area contributed by atoms with Gasteiger partial charge in [0.05, 0.1) is 22.8 Å². The van der Waals surface area contributed by atoms with Crippen molar-refractivity contribution in [3.8, 4) is 0 Å². The Morgan fingerprint density at radius 2 is 1.83 bits per heavy atom. The second kappa shape index (κ2) is 9.94. The van der Waals surface area contributed by atoms with Gasteiger partial charge in [0.2, 0.25) is 5.91 Å². The number of halogens is 1. The zero-order valence-electron chi connectivity index (χ0n) is 16.7. The first-order valence-corrected chi connectivity index (χ1v) is 12.8. The molecule has 1 aromatic carbocycles. The lowest BCUT2D eigenvalue weighted by Crippen LogP contribution is -2.19. The highest BCUT2D eigenvalue weighted by Crippen LogP contribution is 2.38. The Hall–Kier alpha value is -1.90. The van der Waals surface area contributed by atoms with Crippen LogP contribution in [0.4, 0.5) is 5.00 Å². The molecule has 1 aromatic heterocycles. The van der Waals surface area contributed by atoms with Crippen LogP contribution in [0.5, 0.6) is 0 Å². The molecule has 1 amide bonds. The van der Waals surface area contributed by atoms with Crippen LogP contribution in [0.1, 0.15) is 53.4 Å². The van der Waals surface area contributed by atoms with Gasteiger partial charge in [-0.3, -0.25) is 4.79 Å². The summed E-state index contributed by atoms with van der Waals surface area (Å²) in [5.41, 5.74) is 1.38. The Morgan fingerprint density at radius 3 is 2.53 bits per heavy atom. The number of thiophene rings is 1. The van der Waals surface area contributed by atoms with Crippen LogP contribution in [0.15, 0.2) is 29.2 Å². The average Bonchev–Trinajstić information content (AvgIpc) is 2.87. The Labute approximate surface area is 185 Å². The van der Waals surface area contributed by atoms with Gasteiger partial charge in [-0.15, -0.1) is 11.3 Å². The van der Waals surface area contributed by atoms with E-state index in [0.717, 1.165) is 42.5 Å². The van der Waals surface area contributed by atoms with Crippen molar-refractivity contribution in [2.75, 3.05) is 17.7 Å². The van der Waals surface area contributed by atoms with Gasteiger partial charge in [0, 0.05) is 16.3 Å². The number of carbonyl (C=O) groups excluding carboxylic acids is 2. The van der Waals surface area contributed by atoms with E-state index in [4.69, 9.17) is 16.3 Å². The van der Waals surface area contributed by atoms with Crippen molar-refractivity contribution >= 4 is 49.7 Å². The molecule has 1 N–H and O–H groups in total. The summed E-state index contributed by atoms with van der Waals surface area (Å²) in [6.07, 6.45) is 4.57. The molecular weight excluding hydrogens is 446 g/mol. The summed E-state index contributed by atoms with van der Waals surface area (Å²) in [5.74, 6) is -1.23. The van der Waals surface area contributed by atoms with Gasteiger partial charge < -0.3 is 10.1 Å². The van der Waals surface area contributed by atoms with Crippen molar-refractivity contribution in [1.82, 2.24) is 0 Å². The van der Waals surface area contributed by atoms with Gasteiger partial charge in [0.1, 0.15) is 5.00 Å². The Bertz CT molecular complexity index is 1030. The van der Waals surface area contributed by atoms with Crippen LogP contribution in [-0.4, -0.2) is 32.7 Å². The number of amides is 1. The number of hydrogen-bond donors (Lipinski definition) is 1. The number of anilines is 1. The zero-order valence-corrected chi connectivity index (χ0v) is 19.1. The summed E-state index contributed by atoms with van der Waals surface area (Å²) < 4.78 is 30.1. The molecule has 3 rings (SSSR count). The first-order chi connectivity index (χ1) is 14.3. The topological polar surface area (TPSA) is 89.5 Å². The standard InChI is InChI=1S/C21H24ClNO5S2/c1-2-28-21(25)19-16-6-4-3-5-7-17(16)29-20(19)23-18(24)12-13-30(26,27)15-10-8-14(22)9-11-15/h8-11H,2-7,12-13H2,1H3,(H,23,24). The lowest BCUT2D eigenvalue weighted by Gasteiger charge is -2.09. The molecule has 0 spiro atoms. The molecule has 162 valence electrons. The van der Waals surface area contributed by atoms with Gasteiger partial charge in [-0.1, -0.05) is 18.0 Å². The highest BCUT2D eigenvalue weighted by Gasteiger charge is 2.27. The van der Waals surface area contributed by atoms with Gasteiger partial charge in [0.15, 0.2) is 9.84 Å². The number of nitrogens with one attached hydrogen (secondary N) is 1. The molecule has 9 heteroatoms.